The molecule has 16 heavy (non-hydrogen) atoms. The molecule has 0 aliphatic heterocycles. The molecule has 0 spiro atoms. The molecule has 0 aliphatic carbocycles. The van der Waals surface area contributed by atoms with E-state index >= 15 is 0 Å². The van der Waals surface area contributed by atoms with E-state index in [2.05, 4.69) is 0 Å². The number of aliphatic carboxylic acids is 1. The summed E-state index contributed by atoms with van der Waals surface area (Å²) in [4.78, 5) is 10.8. The molecule has 5 heteroatoms. The molecule has 3 N–H and O–H groups in total. The Bertz CT molecular complexity index is 361. The third kappa shape index (κ3) is 2.85. The smallest absolute Gasteiger partial charge is 0.344 e. The topological polar surface area (TPSA) is 72.5 Å². The highest BCUT2D eigenvalue weighted by molar-refractivity contribution is 5.73. The van der Waals surface area contributed by atoms with Crippen molar-refractivity contribution >= 4 is 11.7 Å². The Hall–Kier alpha value is -1.78. The van der Waals surface area contributed by atoms with Crippen LogP contribution in [0, 0.1) is 5.82 Å². The number of hydrogen-bond acceptors (Lipinski definition) is 3. The lowest BCUT2D eigenvalue weighted by Gasteiger charge is -2.16. The second-order valence-corrected chi connectivity index (χ2v) is 3.39. The maximum Gasteiger partial charge on any atom is 0.344 e. The van der Waals surface area contributed by atoms with Gasteiger partial charge in [-0.2, -0.15) is 0 Å². The Balaban J connectivity index is 2.89. The first-order valence-electron chi connectivity index (χ1n) is 4.99. The van der Waals surface area contributed by atoms with E-state index in [1.54, 1.807) is 0 Å². The van der Waals surface area contributed by atoms with Gasteiger partial charge in [0, 0.05) is 0 Å². The second kappa shape index (κ2) is 5.34. The number of halogens is 1. The summed E-state index contributed by atoms with van der Waals surface area (Å²) in [6.45, 7) is 1.82. The van der Waals surface area contributed by atoms with E-state index in [1.165, 1.54) is 18.2 Å². The normalized spacial score (nSPS) is 12.1. The monoisotopic (exact) mass is 227 g/mol. The zero-order valence-electron chi connectivity index (χ0n) is 8.94. The molecule has 0 saturated heterocycles. The molecule has 1 unspecified atom stereocenters. The number of carboxylic acids is 1. The molecule has 0 amide bonds. The number of rotatable bonds is 5. The lowest BCUT2D eigenvalue weighted by Crippen LogP contribution is -2.27. The Morgan fingerprint density at radius 3 is 2.81 bits per heavy atom. The lowest BCUT2D eigenvalue weighted by atomic mass is 10.2. The van der Waals surface area contributed by atoms with Crippen LogP contribution in [0.25, 0.3) is 0 Å². The van der Waals surface area contributed by atoms with Crippen molar-refractivity contribution in [1.29, 1.82) is 0 Å². The highest BCUT2D eigenvalue weighted by atomic mass is 19.1. The van der Waals surface area contributed by atoms with E-state index in [0.717, 1.165) is 0 Å². The Kier molecular flexibility index (Phi) is 4.10. The van der Waals surface area contributed by atoms with Gasteiger partial charge in [-0.15, -0.1) is 0 Å². The summed E-state index contributed by atoms with van der Waals surface area (Å²) in [5, 5.41) is 8.86. The van der Waals surface area contributed by atoms with Gasteiger partial charge in [-0.3, -0.25) is 0 Å². The minimum Gasteiger partial charge on any atom is -0.479 e. The van der Waals surface area contributed by atoms with Gasteiger partial charge in [0.15, 0.2) is 17.7 Å². The molecular formula is C11H14FNO3. The van der Waals surface area contributed by atoms with Crippen molar-refractivity contribution in [1.82, 2.24) is 0 Å². The Morgan fingerprint density at radius 2 is 2.31 bits per heavy atom. The van der Waals surface area contributed by atoms with Crippen LogP contribution in [0.5, 0.6) is 5.75 Å². The van der Waals surface area contributed by atoms with E-state index in [9.17, 15) is 9.18 Å². The fourth-order valence-electron chi connectivity index (χ4n) is 1.29. The van der Waals surface area contributed by atoms with Crippen LogP contribution >= 0.6 is 0 Å². The number of para-hydroxylation sites is 1. The maximum atomic E-state index is 13.3. The summed E-state index contributed by atoms with van der Waals surface area (Å²) in [6.07, 6.45) is -0.127. The van der Waals surface area contributed by atoms with Crippen LogP contribution in [0.4, 0.5) is 10.1 Å². The van der Waals surface area contributed by atoms with Crippen LogP contribution in [-0.4, -0.2) is 17.2 Å². The van der Waals surface area contributed by atoms with Gasteiger partial charge in [-0.05, 0) is 18.6 Å². The molecule has 1 atom stereocenters. The number of nitrogen functional groups attached to an aromatic ring is 1. The second-order valence-electron chi connectivity index (χ2n) is 3.39. The van der Waals surface area contributed by atoms with Crippen molar-refractivity contribution in [2.45, 2.75) is 25.9 Å². The number of anilines is 1. The van der Waals surface area contributed by atoms with Crippen LogP contribution in [0.3, 0.4) is 0 Å². The molecular weight excluding hydrogens is 213 g/mol. The number of benzene rings is 1. The number of carboxylic acid groups (broad SMARTS) is 1. The molecule has 1 aromatic carbocycles. The minimum absolute atomic E-state index is 0.0994. The first kappa shape index (κ1) is 12.3. The van der Waals surface area contributed by atoms with Crippen molar-refractivity contribution in [2.75, 3.05) is 5.73 Å². The fourth-order valence-corrected chi connectivity index (χ4v) is 1.29. The molecule has 0 aliphatic rings. The number of nitrogens with two attached hydrogens (primary N) is 1. The third-order valence-corrected chi connectivity index (χ3v) is 2.08. The van der Waals surface area contributed by atoms with Crippen molar-refractivity contribution in [3.8, 4) is 5.75 Å². The first-order chi connectivity index (χ1) is 7.56. The van der Waals surface area contributed by atoms with Gasteiger partial charge >= 0.3 is 5.97 Å². The largest absolute Gasteiger partial charge is 0.479 e. The minimum atomic E-state index is -1.12. The van der Waals surface area contributed by atoms with Crippen LogP contribution < -0.4 is 10.5 Å². The van der Waals surface area contributed by atoms with Gasteiger partial charge in [-0.25, -0.2) is 9.18 Å². The van der Waals surface area contributed by atoms with Gasteiger partial charge in [0.1, 0.15) is 0 Å². The average molecular weight is 227 g/mol. The highest BCUT2D eigenvalue weighted by Gasteiger charge is 2.21. The summed E-state index contributed by atoms with van der Waals surface area (Å²) >= 11 is 0. The number of hydrogen-bond donors (Lipinski definition) is 2. The Morgan fingerprint density at radius 1 is 1.62 bits per heavy atom. The quantitative estimate of drug-likeness (QED) is 0.755. The molecule has 1 aromatic rings. The summed E-state index contributed by atoms with van der Waals surface area (Å²) < 4.78 is 18.4. The van der Waals surface area contributed by atoms with Crippen LogP contribution in [0.15, 0.2) is 18.2 Å². The molecule has 4 nitrogen and oxygen atoms in total. The summed E-state index contributed by atoms with van der Waals surface area (Å²) in [6, 6.07) is 4.08. The average Bonchev–Trinajstić information content (AvgIpc) is 2.21. The zero-order chi connectivity index (χ0) is 12.1. The van der Waals surface area contributed by atoms with Gasteiger partial charge in [0.25, 0.3) is 0 Å². The molecule has 0 bridgehead atoms. The SMILES string of the molecule is CCCC(Oc1c(N)cccc1F)C(=O)O. The van der Waals surface area contributed by atoms with Gasteiger partial charge in [0.2, 0.25) is 0 Å². The van der Waals surface area contributed by atoms with E-state index in [0.29, 0.717) is 12.8 Å². The standard InChI is InChI=1S/C11H14FNO3/c1-2-4-9(11(14)15)16-10-7(12)5-3-6-8(10)13/h3,5-6,9H,2,4,13H2,1H3,(H,14,15). The van der Waals surface area contributed by atoms with Crippen molar-refractivity contribution in [3.05, 3.63) is 24.0 Å². The van der Waals surface area contributed by atoms with Crippen LogP contribution in [0.1, 0.15) is 19.8 Å². The number of ether oxygens (including phenoxy) is 1. The van der Waals surface area contributed by atoms with Crippen molar-refractivity contribution in [3.63, 3.8) is 0 Å². The maximum absolute atomic E-state index is 13.3. The third-order valence-electron chi connectivity index (χ3n) is 2.08. The molecule has 0 saturated carbocycles. The van der Waals surface area contributed by atoms with E-state index in [1.807, 2.05) is 6.92 Å². The number of carbonyl (C=O) groups is 1. The first-order valence-corrected chi connectivity index (χ1v) is 4.99. The molecule has 0 aromatic heterocycles. The summed E-state index contributed by atoms with van der Waals surface area (Å²) in [5.41, 5.74) is 5.61. The molecule has 88 valence electrons. The van der Waals surface area contributed by atoms with E-state index < -0.39 is 17.9 Å². The predicted molar refractivity (Wildman–Crippen MR) is 57.8 cm³/mol. The van der Waals surface area contributed by atoms with Gasteiger partial charge in [-0.1, -0.05) is 19.4 Å². The highest BCUT2D eigenvalue weighted by Crippen LogP contribution is 2.26. The molecule has 0 radical (unpaired) electrons. The van der Waals surface area contributed by atoms with E-state index in [4.69, 9.17) is 15.6 Å². The zero-order valence-corrected chi connectivity index (χ0v) is 8.94. The van der Waals surface area contributed by atoms with Crippen LogP contribution in [-0.2, 0) is 4.79 Å². The van der Waals surface area contributed by atoms with Crippen molar-refractivity contribution < 1.29 is 19.0 Å². The fraction of sp³-hybridized carbons (Fsp3) is 0.364. The molecule has 0 fully saturated rings. The van der Waals surface area contributed by atoms with Gasteiger partial charge < -0.3 is 15.6 Å². The molecule has 1 rings (SSSR count). The van der Waals surface area contributed by atoms with Gasteiger partial charge in [0.05, 0.1) is 5.69 Å². The Labute approximate surface area is 92.8 Å². The molecule has 0 heterocycles. The van der Waals surface area contributed by atoms with E-state index in [-0.39, 0.29) is 11.4 Å². The summed E-state index contributed by atoms with van der Waals surface area (Å²) in [7, 11) is 0. The predicted octanol–water partition coefficient (Wildman–Crippen LogP) is 2.04. The lowest BCUT2D eigenvalue weighted by molar-refractivity contribution is -0.145. The summed E-state index contributed by atoms with van der Waals surface area (Å²) in [5.74, 6) is -1.96. The van der Waals surface area contributed by atoms with Crippen molar-refractivity contribution in [2.24, 2.45) is 0 Å². The van der Waals surface area contributed by atoms with Crippen LogP contribution in [0.2, 0.25) is 0 Å².